The highest BCUT2D eigenvalue weighted by Crippen LogP contribution is 2.30. The molecule has 0 saturated heterocycles. The van der Waals surface area contributed by atoms with Crippen molar-refractivity contribution in [1.29, 1.82) is 0 Å². The molecule has 194 valence electrons. The van der Waals surface area contributed by atoms with Gasteiger partial charge in [0, 0.05) is 22.7 Å². The molecule has 5 nitrogen and oxygen atoms in total. The van der Waals surface area contributed by atoms with Crippen molar-refractivity contribution in [3.63, 3.8) is 0 Å². The summed E-state index contributed by atoms with van der Waals surface area (Å²) in [4.78, 5) is 13.0. The Morgan fingerprint density at radius 1 is 0.538 bits per heavy atom. The van der Waals surface area contributed by atoms with E-state index in [4.69, 9.17) is 30.5 Å². The van der Waals surface area contributed by atoms with Gasteiger partial charge in [-0.25, -0.2) is 0 Å². The third-order valence-corrected chi connectivity index (χ3v) is 5.95. The number of ether oxygens (including phenoxy) is 4. The number of rotatable bonds is 10. The molecule has 1 unspecified atom stereocenters. The Kier molecular flexibility index (Phi) is 8.10. The molecule has 1 atom stereocenters. The highest BCUT2D eigenvalue weighted by molar-refractivity contribution is 6.30. The van der Waals surface area contributed by atoms with E-state index in [0.29, 0.717) is 45.1 Å². The Hall–Kier alpha value is -4.74. The Morgan fingerprint density at radius 3 is 1.59 bits per heavy atom. The minimum atomic E-state index is -0.703. The molecule has 0 heterocycles. The summed E-state index contributed by atoms with van der Waals surface area (Å²) in [6, 6.07) is 38.1. The van der Waals surface area contributed by atoms with Gasteiger partial charge in [0.25, 0.3) is 0 Å². The number of hydrogen-bond donors (Lipinski definition) is 0. The highest BCUT2D eigenvalue weighted by Gasteiger charge is 2.17. The van der Waals surface area contributed by atoms with Crippen molar-refractivity contribution in [2.24, 2.45) is 0 Å². The molecule has 5 aromatic rings. The summed E-state index contributed by atoms with van der Waals surface area (Å²) in [5.74, 6) is 4.25. The fourth-order valence-electron chi connectivity index (χ4n) is 3.79. The van der Waals surface area contributed by atoms with E-state index in [1.807, 2.05) is 66.7 Å². The van der Waals surface area contributed by atoms with Crippen LogP contribution in [0, 0.1) is 0 Å². The molecule has 39 heavy (non-hydrogen) atoms. The molecule has 5 aromatic carbocycles. The SMILES string of the molecule is CC(Oc1cccc(Oc2cccc(Oc3ccccc3)c2)c1)C(=O)c1ccc(Oc2ccc(Cl)cc2)cc1. The van der Waals surface area contributed by atoms with Gasteiger partial charge in [-0.2, -0.15) is 0 Å². The number of carbonyl (C=O) groups is 1. The summed E-state index contributed by atoms with van der Waals surface area (Å²) >= 11 is 5.92. The van der Waals surface area contributed by atoms with E-state index in [0.717, 1.165) is 5.75 Å². The van der Waals surface area contributed by atoms with Crippen molar-refractivity contribution in [3.05, 3.63) is 138 Å². The molecule has 0 aliphatic heterocycles. The molecular weight excluding hydrogens is 512 g/mol. The Morgan fingerprint density at radius 2 is 0.974 bits per heavy atom. The molecule has 0 N–H and O–H groups in total. The minimum Gasteiger partial charge on any atom is -0.482 e. The molecule has 0 amide bonds. The van der Waals surface area contributed by atoms with Gasteiger partial charge in [-0.15, -0.1) is 0 Å². The van der Waals surface area contributed by atoms with Crippen LogP contribution in [0.2, 0.25) is 5.02 Å². The summed E-state index contributed by atoms with van der Waals surface area (Å²) in [5.41, 5.74) is 0.522. The summed E-state index contributed by atoms with van der Waals surface area (Å²) in [5, 5.41) is 0.636. The molecule has 0 radical (unpaired) electrons. The van der Waals surface area contributed by atoms with Crippen molar-refractivity contribution in [3.8, 4) is 40.2 Å². The molecule has 0 aliphatic carbocycles. The van der Waals surface area contributed by atoms with Gasteiger partial charge in [-0.3, -0.25) is 4.79 Å². The summed E-state index contributed by atoms with van der Waals surface area (Å²) in [6.07, 6.45) is -0.703. The van der Waals surface area contributed by atoms with Gasteiger partial charge in [0.05, 0.1) is 0 Å². The van der Waals surface area contributed by atoms with Gasteiger partial charge in [-0.05, 0) is 91.9 Å². The van der Waals surface area contributed by atoms with Crippen molar-refractivity contribution in [2.45, 2.75) is 13.0 Å². The van der Waals surface area contributed by atoms with Crippen LogP contribution in [0.4, 0.5) is 0 Å². The van der Waals surface area contributed by atoms with E-state index in [2.05, 4.69) is 0 Å². The first-order valence-corrected chi connectivity index (χ1v) is 12.7. The van der Waals surface area contributed by atoms with Crippen molar-refractivity contribution >= 4 is 17.4 Å². The predicted octanol–water partition coefficient (Wildman–Crippen LogP) is 9.37. The highest BCUT2D eigenvalue weighted by atomic mass is 35.5. The second kappa shape index (κ2) is 12.2. The largest absolute Gasteiger partial charge is 0.482 e. The van der Waals surface area contributed by atoms with E-state index in [1.165, 1.54) is 0 Å². The Labute approximate surface area is 232 Å². The van der Waals surface area contributed by atoms with Crippen LogP contribution in [0.3, 0.4) is 0 Å². The van der Waals surface area contributed by atoms with Crippen LogP contribution in [-0.2, 0) is 0 Å². The summed E-state index contributed by atoms with van der Waals surface area (Å²) in [7, 11) is 0. The quantitative estimate of drug-likeness (QED) is 0.166. The Balaban J connectivity index is 1.19. The van der Waals surface area contributed by atoms with Crippen molar-refractivity contribution in [2.75, 3.05) is 0 Å². The van der Waals surface area contributed by atoms with Gasteiger partial charge in [-0.1, -0.05) is 41.9 Å². The van der Waals surface area contributed by atoms with E-state index in [1.54, 1.807) is 67.6 Å². The molecule has 0 bridgehead atoms. The zero-order chi connectivity index (χ0) is 27.0. The molecule has 0 aromatic heterocycles. The molecule has 0 spiro atoms. The standard InChI is InChI=1S/C33H25ClO5/c1-23(33(35)24-13-17-27(18-14-24)37-28-19-15-25(34)16-20-28)36-29-9-5-11-31(21-29)39-32-12-6-10-30(22-32)38-26-7-3-2-4-8-26/h2-23H,1H3. The van der Waals surface area contributed by atoms with E-state index >= 15 is 0 Å². The molecule has 6 heteroatoms. The zero-order valence-corrected chi connectivity index (χ0v) is 21.9. The van der Waals surface area contributed by atoms with Gasteiger partial charge in [0.2, 0.25) is 5.78 Å². The first kappa shape index (κ1) is 25.9. The maximum atomic E-state index is 13.0. The van der Waals surface area contributed by atoms with Crippen LogP contribution in [0.5, 0.6) is 40.2 Å². The van der Waals surface area contributed by atoms with E-state index in [-0.39, 0.29) is 5.78 Å². The second-order valence-electron chi connectivity index (χ2n) is 8.67. The van der Waals surface area contributed by atoms with Gasteiger partial charge >= 0.3 is 0 Å². The number of para-hydroxylation sites is 1. The number of halogens is 1. The smallest absolute Gasteiger partial charge is 0.202 e. The Bertz CT molecular complexity index is 1530. The summed E-state index contributed by atoms with van der Waals surface area (Å²) < 4.78 is 23.7. The number of ketones is 1. The van der Waals surface area contributed by atoms with Crippen LogP contribution in [0.1, 0.15) is 17.3 Å². The fourth-order valence-corrected chi connectivity index (χ4v) is 3.92. The molecule has 0 fully saturated rings. The van der Waals surface area contributed by atoms with E-state index in [9.17, 15) is 4.79 Å². The van der Waals surface area contributed by atoms with Crippen LogP contribution < -0.4 is 18.9 Å². The third-order valence-electron chi connectivity index (χ3n) is 5.70. The normalized spacial score (nSPS) is 11.3. The first-order valence-electron chi connectivity index (χ1n) is 12.4. The van der Waals surface area contributed by atoms with Crippen LogP contribution in [-0.4, -0.2) is 11.9 Å². The third kappa shape index (κ3) is 7.18. The molecule has 5 rings (SSSR count). The zero-order valence-electron chi connectivity index (χ0n) is 21.1. The molecule has 0 aliphatic rings. The van der Waals surface area contributed by atoms with Crippen LogP contribution in [0.25, 0.3) is 0 Å². The fraction of sp³-hybridized carbons (Fsp3) is 0.0606. The average molecular weight is 537 g/mol. The maximum Gasteiger partial charge on any atom is 0.202 e. The maximum absolute atomic E-state index is 13.0. The van der Waals surface area contributed by atoms with Gasteiger partial charge in [0.15, 0.2) is 6.10 Å². The molecular formula is C33H25ClO5. The average Bonchev–Trinajstić information content (AvgIpc) is 2.95. The lowest BCUT2D eigenvalue weighted by Gasteiger charge is -2.15. The number of hydrogen-bond acceptors (Lipinski definition) is 5. The van der Waals surface area contributed by atoms with Gasteiger partial charge in [0.1, 0.15) is 40.2 Å². The number of carbonyl (C=O) groups excluding carboxylic acids is 1. The second-order valence-corrected chi connectivity index (χ2v) is 9.11. The number of benzene rings is 5. The lowest BCUT2D eigenvalue weighted by Crippen LogP contribution is -2.23. The number of Topliss-reactive ketones (excluding diaryl/α,β-unsaturated/α-hetero) is 1. The first-order chi connectivity index (χ1) is 19.0. The monoisotopic (exact) mass is 536 g/mol. The van der Waals surface area contributed by atoms with Gasteiger partial charge < -0.3 is 18.9 Å². The predicted molar refractivity (Wildman–Crippen MR) is 152 cm³/mol. The van der Waals surface area contributed by atoms with Crippen molar-refractivity contribution in [1.82, 2.24) is 0 Å². The molecule has 0 saturated carbocycles. The summed E-state index contributed by atoms with van der Waals surface area (Å²) in [6.45, 7) is 1.72. The van der Waals surface area contributed by atoms with Crippen LogP contribution in [0.15, 0.2) is 127 Å². The van der Waals surface area contributed by atoms with E-state index < -0.39 is 6.10 Å². The topological polar surface area (TPSA) is 54.0 Å². The van der Waals surface area contributed by atoms with Crippen molar-refractivity contribution < 1.29 is 23.7 Å². The van der Waals surface area contributed by atoms with Crippen LogP contribution >= 0.6 is 11.6 Å². The lowest BCUT2D eigenvalue weighted by atomic mass is 10.1. The minimum absolute atomic E-state index is 0.148. The lowest BCUT2D eigenvalue weighted by molar-refractivity contribution is 0.0817.